The molecule has 2 aromatic heterocycles. The Morgan fingerprint density at radius 1 is 1.32 bits per heavy atom. The standard InChI is InChI=1S/C16H16N4OS/c21-15-9-13(18-16-20(15)7-8-22-16)11-19-6-5-17-10-12-3-1-2-4-14(12)19/h1-4,7-9,17H,5-6,10-11H2. The van der Waals surface area contributed by atoms with Gasteiger partial charge in [-0.2, -0.15) is 0 Å². The molecule has 1 aliphatic rings. The van der Waals surface area contributed by atoms with Crippen LogP contribution in [-0.2, 0) is 13.1 Å². The fraction of sp³-hybridized carbons (Fsp3) is 0.250. The van der Waals surface area contributed by atoms with Gasteiger partial charge in [0, 0.05) is 43.0 Å². The highest BCUT2D eigenvalue weighted by Crippen LogP contribution is 2.23. The molecule has 5 nitrogen and oxygen atoms in total. The number of hydrogen-bond donors (Lipinski definition) is 1. The van der Waals surface area contributed by atoms with Gasteiger partial charge in [0.1, 0.15) is 0 Å². The Morgan fingerprint density at radius 3 is 3.18 bits per heavy atom. The second-order valence-electron chi connectivity index (χ2n) is 5.37. The van der Waals surface area contributed by atoms with E-state index in [9.17, 15) is 4.79 Å². The highest BCUT2D eigenvalue weighted by atomic mass is 32.1. The van der Waals surface area contributed by atoms with E-state index in [1.807, 2.05) is 5.38 Å². The third-order valence-corrected chi connectivity index (χ3v) is 4.67. The van der Waals surface area contributed by atoms with E-state index in [1.54, 1.807) is 16.7 Å². The van der Waals surface area contributed by atoms with Crippen LogP contribution in [0.3, 0.4) is 0 Å². The molecule has 0 unspecified atom stereocenters. The summed E-state index contributed by atoms with van der Waals surface area (Å²) in [6, 6.07) is 10.0. The van der Waals surface area contributed by atoms with Crippen molar-refractivity contribution in [2.24, 2.45) is 0 Å². The third kappa shape index (κ3) is 2.40. The van der Waals surface area contributed by atoms with Crippen LogP contribution in [0.15, 0.2) is 46.7 Å². The molecule has 0 saturated heterocycles. The molecule has 0 radical (unpaired) electrons. The quantitative estimate of drug-likeness (QED) is 0.785. The summed E-state index contributed by atoms with van der Waals surface area (Å²) < 4.78 is 1.59. The minimum absolute atomic E-state index is 0.0116. The van der Waals surface area contributed by atoms with E-state index in [-0.39, 0.29) is 5.56 Å². The van der Waals surface area contributed by atoms with E-state index in [2.05, 4.69) is 39.5 Å². The van der Waals surface area contributed by atoms with Crippen molar-refractivity contribution in [2.45, 2.75) is 13.1 Å². The van der Waals surface area contributed by atoms with Crippen LogP contribution in [0.4, 0.5) is 5.69 Å². The average molecular weight is 312 g/mol. The Labute approximate surface area is 131 Å². The fourth-order valence-corrected chi connectivity index (χ4v) is 3.59. The van der Waals surface area contributed by atoms with Crippen LogP contribution in [0.1, 0.15) is 11.3 Å². The summed E-state index contributed by atoms with van der Waals surface area (Å²) in [6.07, 6.45) is 1.77. The molecule has 0 aliphatic carbocycles. The minimum atomic E-state index is -0.0116. The number of nitrogens with one attached hydrogen (secondary N) is 1. The molecular formula is C16H16N4OS. The Bertz CT molecular complexity index is 870. The van der Waals surface area contributed by atoms with Gasteiger partial charge in [0.2, 0.25) is 0 Å². The molecule has 3 heterocycles. The molecule has 0 fully saturated rings. The van der Waals surface area contributed by atoms with Gasteiger partial charge in [-0.25, -0.2) is 4.98 Å². The number of hydrogen-bond acceptors (Lipinski definition) is 5. The number of fused-ring (bicyclic) bond motifs is 2. The molecular weight excluding hydrogens is 296 g/mol. The fourth-order valence-electron chi connectivity index (χ4n) is 2.85. The maximum atomic E-state index is 12.1. The van der Waals surface area contributed by atoms with Gasteiger partial charge in [-0.15, -0.1) is 11.3 Å². The highest BCUT2D eigenvalue weighted by Gasteiger charge is 2.16. The van der Waals surface area contributed by atoms with Crippen LogP contribution in [0, 0.1) is 0 Å². The number of nitrogens with zero attached hydrogens (tertiary/aromatic N) is 3. The molecule has 0 bridgehead atoms. The van der Waals surface area contributed by atoms with Gasteiger partial charge in [0.15, 0.2) is 4.96 Å². The lowest BCUT2D eigenvalue weighted by atomic mass is 10.1. The minimum Gasteiger partial charge on any atom is -0.364 e. The lowest BCUT2D eigenvalue weighted by Gasteiger charge is -2.24. The number of benzene rings is 1. The predicted molar refractivity (Wildman–Crippen MR) is 88.5 cm³/mol. The Kier molecular flexibility index (Phi) is 3.40. The SMILES string of the molecule is O=c1cc(CN2CCNCc3ccccc32)nc2sccn12. The second-order valence-corrected chi connectivity index (χ2v) is 6.24. The van der Waals surface area contributed by atoms with Crippen molar-refractivity contribution in [2.75, 3.05) is 18.0 Å². The molecule has 3 aromatic rings. The van der Waals surface area contributed by atoms with E-state index in [4.69, 9.17) is 0 Å². The smallest absolute Gasteiger partial charge is 0.258 e. The van der Waals surface area contributed by atoms with Gasteiger partial charge in [0.05, 0.1) is 12.2 Å². The predicted octanol–water partition coefficient (Wildman–Crippen LogP) is 1.87. The second kappa shape index (κ2) is 5.55. The van der Waals surface area contributed by atoms with Crippen LogP contribution in [0.2, 0.25) is 0 Å². The first-order valence-corrected chi connectivity index (χ1v) is 8.18. The molecule has 0 amide bonds. The zero-order valence-corrected chi connectivity index (χ0v) is 12.8. The van der Waals surface area contributed by atoms with Crippen molar-refractivity contribution in [3.63, 3.8) is 0 Å². The number of rotatable bonds is 2. The first kappa shape index (κ1) is 13.5. The lowest BCUT2D eigenvalue weighted by Crippen LogP contribution is -2.29. The Morgan fingerprint density at radius 2 is 2.23 bits per heavy atom. The number of thiazole rings is 1. The molecule has 4 rings (SSSR count). The van der Waals surface area contributed by atoms with Crippen molar-refractivity contribution < 1.29 is 0 Å². The average Bonchev–Trinajstić information content (AvgIpc) is 2.91. The summed E-state index contributed by atoms with van der Waals surface area (Å²) >= 11 is 1.49. The van der Waals surface area contributed by atoms with Crippen LogP contribution in [-0.4, -0.2) is 22.5 Å². The summed E-state index contributed by atoms with van der Waals surface area (Å²) in [7, 11) is 0. The number of anilines is 1. The van der Waals surface area contributed by atoms with E-state index < -0.39 is 0 Å². The van der Waals surface area contributed by atoms with Gasteiger partial charge in [0.25, 0.3) is 5.56 Å². The van der Waals surface area contributed by atoms with Crippen molar-refractivity contribution in [1.29, 1.82) is 0 Å². The van der Waals surface area contributed by atoms with Gasteiger partial charge >= 0.3 is 0 Å². The van der Waals surface area contributed by atoms with Gasteiger partial charge < -0.3 is 10.2 Å². The van der Waals surface area contributed by atoms with Gasteiger partial charge in [-0.3, -0.25) is 9.20 Å². The summed E-state index contributed by atoms with van der Waals surface area (Å²) in [4.78, 5) is 19.8. The lowest BCUT2D eigenvalue weighted by molar-refractivity contribution is 0.684. The topological polar surface area (TPSA) is 49.6 Å². The van der Waals surface area contributed by atoms with E-state index in [0.717, 1.165) is 30.3 Å². The van der Waals surface area contributed by atoms with Crippen LogP contribution in [0.25, 0.3) is 4.96 Å². The largest absolute Gasteiger partial charge is 0.364 e. The van der Waals surface area contributed by atoms with Crippen LogP contribution in [0.5, 0.6) is 0 Å². The summed E-state index contributed by atoms with van der Waals surface area (Å²) in [5.41, 5.74) is 3.32. The van der Waals surface area contributed by atoms with E-state index in [0.29, 0.717) is 6.54 Å². The molecule has 1 aliphatic heterocycles. The third-order valence-electron chi connectivity index (χ3n) is 3.92. The molecule has 0 spiro atoms. The maximum absolute atomic E-state index is 12.1. The molecule has 0 atom stereocenters. The maximum Gasteiger partial charge on any atom is 0.258 e. The van der Waals surface area contributed by atoms with Crippen LogP contribution < -0.4 is 15.8 Å². The summed E-state index contributed by atoms with van der Waals surface area (Å²) in [5, 5.41) is 5.32. The number of para-hydroxylation sites is 1. The molecule has 22 heavy (non-hydrogen) atoms. The molecule has 0 saturated carbocycles. The Hall–Kier alpha value is -2.18. The van der Waals surface area contributed by atoms with Crippen molar-refractivity contribution in [3.05, 3.63) is 63.5 Å². The summed E-state index contributed by atoms with van der Waals surface area (Å²) in [5.74, 6) is 0. The summed E-state index contributed by atoms with van der Waals surface area (Å²) in [6.45, 7) is 3.37. The molecule has 6 heteroatoms. The van der Waals surface area contributed by atoms with Crippen molar-refractivity contribution in [1.82, 2.24) is 14.7 Å². The first-order valence-electron chi connectivity index (χ1n) is 7.30. The Balaban J connectivity index is 1.71. The molecule has 1 N–H and O–H groups in total. The van der Waals surface area contributed by atoms with Crippen molar-refractivity contribution in [3.8, 4) is 0 Å². The zero-order valence-electron chi connectivity index (χ0n) is 12.0. The van der Waals surface area contributed by atoms with Crippen molar-refractivity contribution >= 4 is 22.0 Å². The van der Waals surface area contributed by atoms with Gasteiger partial charge in [-0.1, -0.05) is 18.2 Å². The zero-order chi connectivity index (χ0) is 14.9. The van der Waals surface area contributed by atoms with Gasteiger partial charge in [-0.05, 0) is 11.6 Å². The van der Waals surface area contributed by atoms with E-state index >= 15 is 0 Å². The monoisotopic (exact) mass is 312 g/mol. The van der Waals surface area contributed by atoms with Crippen LogP contribution >= 0.6 is 11.3 Å². The first-order chi connectivity index (χ1) is 10.8. The number of aromatic nitrogens is 2. The van der Waals surface area contributed by atoms with E-state index in [1.165, 1.54) is 22.6 Å². The molecule has 112 valence electrons. The highest BCUT2D eigenvalue weighted by molar-refractivity contribution is 7.15. The molecule has 1 aromatic carbocycles. The normalized spacial score (nSPS) is 14.8.